The van der Waals surface area contributed by atoms with E-state index in [-0.39, 0.29) is 23.0 Å². The van der Waals surface area contributed by atoms with Gasteiger partial charge in [-0.3, -0.25) is 0 Å². The van der Waals surface area contributed by atoms with Crippen LogP contribution in [0.4, 0.5) is 34.1 Å². The number of benzene rings is 8. The SMILES string of the molecule is CC(C)(C)c1ccc(N2c3cc(Cl)ccc3B3c4cc(Br)ccc4N(c4c(-c5ccccc5)cc(C(C)(C)C)cc4-c4ccccc4)c4cc(C(C)(C)C)cc2c43)c(-c2ccccc2)c1. The smallest absolute Gasteiger partial charge is 0.252 e. The topological polar surface area (TPSA) is 6.48 Å². The van der Waals surface area contributed by atoms with Crippen molar-refractivity contribution in [3.05, 3.63) is 196 Å². The molecule has 8 aromatic carbocycles. The van der Waals surface area contributed by atoms with Crippen LogP contribution in [-0.2, 0) is 16.2 Å². The van der Waals surface area contributed by atoms with E-state index in [1.165, 1.54) is 77.8 Å². The van der Waals surface area contributed by atoms with Crippen LogP contribution in [0.2, 0.25) is 5.02 Å². The van der Waals surface area contributed by atoms with Gasteiger partial charge in [0.05, 0.1) is 11.4 Å². The van der Waals surface area contributed by atoms with Crippen molar-refractivity contribution in [2.45, 2.75) is 78.6 Å². The van der Waals surface area contributed by atoms with E-state index in [1.807, 2.05) is 0 Å². The van der Waals surface area contributed by atoms with Crippen molar-refractivity contribution in [3.63, 3.8) is 0 Å². The fourth-order valence-electron chi connectivity index (χ4n) is 9.91. The van der Waals surface area contributed by atoms with E-state index in [0.29, 0.717) is 5.02 Å². The lowest BCUT2D eigenvalue weighted by atomic mass is 9.33. The lowest BCUT2D eigenvalue weighted by molar-refractivity contribution is 0.590. The maximum atomic E-state index is 7.12. The van der Waals surface area contributed by atoms with Crippen LogP contribution in [-0.4, -0.2) is 6.71 Å². The summed E-state index contributed by atoms with van der Waals surface area (Å²) in [7, 11) is 0. The van der Waals surface area contributed by atoms with E-state index in [4.69, 9.17) is 11.6 Å². The molecule has 2 aliphatic heterocycles. The van der Waals surface area contributed by atoms with Crippen molar-refractivity contribution in [2.75, 3.05) is 9.80 Å². The van der Waals surface area contributed by atoms with E-state index < -0.39 is 0 Å². The van der Waals surface area contributed by atoms with Gasteiger partial charge in [-0.25, -0.2) is 0 Å². The predicted octanol–water partition coefficient (Wildman–Crippen LogP) is 16.1. The summed E-state index contributed by atoms with van der Waals surface area (Å²) in [5.74, 6) is 0. The van der Waals surface area contributed by atoms with Crippen LogP contribution in [0, 0.1) is 0 Å². The lowest BCUT2D eigenvalue weighted by Gasteiger charge is -2.46. The highest BCUT2D eigenvalue weighted by atomic mass is 79.9. The summed E-state index contributed by atoms with van der Waals surface area (Å²) in [6, 6.07) is 63.2. The molecule has 2 nitrogen and oxygen atoms in total. The zero-order valence-corrected chi connectivity index (χ0v) is 41.2. The third-order valence-corrected chi connectivity index (χ3v) is 14.1. The second-order valence-corrected chi connectivity index (χ2v) is 22.3. The van der Waals surface area contributed by atoms with Crippen molar-refractivity contribution >= 4 is 84.8 Å². The first-order chi connectivity index (χ1) is 31.0. The largest absolute Gasteiger partial charge is 0.311 e. The first kappa shape index (κ1) is 43.1. The van der Waals surface area contributed by atoms with Gasteiger partial charge in [0, 0.05) is 48.9 Å². The van der Waals surface area contributed by atoms with Crippen LogP contribution in [0.3, 0.4) is 0 Å². The first-order valence-electron chi connectivity index (χ1n) is 22.8. The molecule has 0 aromatic heterocycles. The minimum atomic E-state index is -0.189. The summed E-state index contributed by atoms with van der Waals surface area (Å²) in [6.45, 7) is 20.8. The quantitative estimate of drug-likeness (QED) is 0.159. The Morgan fingerprint density at radius 1 is 0.400 bits per heavy atom. The summed E-state index contributed by atoms with van der Waals surface area (Å²) < 4.78 is 1.05. The van der Waals surface area contributed by atoms with Crippen LogP contribution in [0.5, 0.6) is 0 Å². The van der Waals surface area contributed by atoms with Crippen LogP contribution in [0.25, 0.3) is 33.4 Å². The Morgan fingerprint density at radius 3 is 1.42 bits per heavy atom. The van der Waals surface area contributed by atoms with Crippen molar-refractivity contribution in [3.8, 4) is 33.4 Å². The molecule has 2 aliphatic rings. The Kier molecular flexibility index (Phi) is 10.6. The van der Waals surface area contributed by atoms with Gasteiger partial charge >= 0.3 is 0 Å². The highest BCUT2D eigenvalue weighted by molar-refractivity contribution is 9.10. The second-order valence-electron chi connectivity index (χ2n) is 20.9. The van der Waals surface area contributed by atoms with Crippen LogP contribution in [0.1, 0.15) is 79.0 Å². The van der Waals surface area contributed by atoms with Crippen LogP contribution >= 0.6 is 27.5 Å². The molecule has 322 valence electrons. The van der Waals surface area contributed by atoms with Gasteiger partial charge in [-0.15, -0.1) is 0 Å². The number of anilines is 6. The number of nitrogens with zero attached hydrogens (tertiary/aromatic N) is 2. The standard InChI is InChI=1S/C60H55BBrClN2/c1-58(2,3)41-25-29-51(46(31-41)38-19-13-10-14-20-38)64-53-37-45(63)27-28-49(53)61-50-36-44(62)26-30-52(50)65(55-35-43(60(7,8)9)34-54(64)56(55)61)57-47(39-21-15-11-16-22-39)32-42(59(4,5)6)33-48(57)40-23-17-12-18-24-40/h10-37H,1-9H3. The van der Waals surface area contributed by atoms with E-state index in [0.717, 1.165) is 27.2 Å². The fourth-order valence-corrected chi connectivity index (χ4v) is 10.5. The van der Waals surface area contributed by atoms with E-state index in [1.54, 1.807) is 0 Å². The number of hydrogen-bond acceptors (Lipinski definition) is 2. The van der Waals surface area contributed by atoms with Gasteiger partial charge in [-0.2, -0.15) is 0 Å². The zero-order chi connectivity index (χ0) is 45.6. The van der Waals surface area contributed by atoms with Gasteiger partial charge in [0.15, 0.2) is 0 Å². The van der Waals surface area contributed by atoms with Crippen molar-refractivity contribution < 1.29 is 0 Å². The Labute approximate surface area is 400 Å². The van der Waals surface area contributed by atoms with Gasteiger partial charge in [-0.05, 0) is 127 Å². The molecule has 0 fully saturated rings. The number of fused-ring (bicyclic) bond motifs is 4. The average molecular weight is 930 g/mol. The Balaban J connectivity index is 1.38. The van der Waals surface area contributed by atoms with Crippen molar-refractivity contribution in [1.29, 1.82) is 0 Å². The van der Waals surface area contributed by atoms with Crippen molar-refractivity contribution in [2.24, 2.45) is 0 Å². The third-order valence-electron chi connectivity index (χ3n) is 13.4. The minimum absolute atomic E-state index is 0.0470. The zero-order valence-electron chi connectivity index (χ0n) is 38.9. The summed E-state index contributed by atoms with van der Waals surface area (Å²) in [5.41, 5.74) is 21.2. The Bertz CT molecular complexity index is 3060. The maximum absolute atomic E-state index is 7.12. The molecule has 0 atom stereocenters. The molecule has 0 unspecified atom stereocenters. The molecule has 65 heavy (non-hydrogen) atoms. The van der Waals surface area contributed by atoms with Gasteiger partial charge in [0.25, 0.3) is 6.71 Å². The molecule has 2 heterocycles. The molecular weight excluding hydrogens is 875 g/mol. The Morgan fingerprint density at radius 2 is 0.877 bits per heavy atom. The van der Waals surface area contributed by atoms with Gasteiger partial charge in [-0.1, -0.05) is 199 Å². The second kappa shape index (κ2) is 16.0. The summed E-state index contributed by atoms with van der Waals surface area (Å²) in [6.07, 6.45) is 0. The fraction of sp³-hybridized carbons (Fsp3) is 0.200. The van der Waals surface area contributed by atoms with E-state index >= 15 is 0 Å². The minimum Gasteiger partial charge on any atom is -0.311 e. The molecule has 0 saturated heterocycles. The number of hydrogen-bond donors (Lipinski definition) is 0. The molecule has 0 saturated carbocycles. The van der Waals surface area contributed by atoms with E-state index in [9.17, 15) is 0 Å². The molecule has 0 amide bonds. The van der Waals surface area contributed by atoms with E-state index in [2.05, 4.69) is 258 Å². The average Bonchev–Trinajstić information content (AvgIpc) is 3.28. The normalized spacial score (nSPS) is 13.4. The summed E-state index contributed by atoms with van der Waals surface area (Å²) in [4.78, 5) is 5.14. The first-order valence-corrected chi connectivity index (χ1v) is 24.0. The highest BCUT2D eigenvalue weighted by Gasteiger charge is 2.45. The maximum Gasteiger partial charge on any atom is 0.252 e. The monoisotopic (exact) mass is 928 g/mol. The number of rotatable bonds is 5. The molecule has 0 radical (unpaired) electrons. The van der Waals surface area contributed by atoms with Crippen molar-refractivity contribution in [1.82, 2.24) is 0 Å². The molecular formula is C60H55BBrClN2. The Hall–Kier alpha value is -5.81. The molecule has 5 heteroatoms. The summed E-state index contributed by atoms with van der Waals surface area (Å²) in [5, 5.41) is 0.711. The van der Waals surface area contributed by atoms with Gasteiger partial charge in [0.2, 0.25) is 0 Å². The van der Waals surface area contributed by atoms with Gasteiger partial charge in [0.1, 0.15) is 0 Å². The molecule has 8 aromatic rings. The highest BCUT2D eigenvalue weighted by Crippen LogP contribution is 2.53. The molecule has 0 spiro atoms. The van der Waals surface area contributed by atoms with Crippen LogP contribution in [0.15, 0.2) is 174 Å². The molecule has 0 N–H and O–H groups in total. The van der Waals surface area contributed by atoms with Gasteiger partial charge < -0.3 is 9.80 Å². The number of halogens is 2. The predicted molar refractivity (Wildman–Crippen MR) is 286 cm³/mol. The molecule has 10 rings (SSSR count). The summed E-state index contributed by atoms with van der Waals surface area (Å²) >= 11 is 11.1. The lowest BCUT2D eigenvalue weighted by Crippen LogP contribution is -2.61. The molecule has 0 bridgehead atoms. The van der Waals surface area contributed by atoms with Crippen LogP contribution < -0.4 is 26.2 Å². The molecule has 0 aliphatic carbocycles. The third kappa shape index (κ3) is 7.63.